The average Bonchev–Trinajstić information content (AvgIpc) is 3.44. The lowest BCUT2D eigenvalue weighted by Crippen LogP contribution is -2.22. The second-order valence-corrected chi connectivity index (χ2v) is 12.3. The average molecular weight is 492 g/mol. The molecule has 0 amide bonds. The van der Waals surface area contributed by atoms with Gasteiger partial charge in [0.1, 0.15) is 0 Å². The molecule has 1 unspecified atom stereocenters. The Balaban J connectivity index is 1.61. The Morgan fingerprint density at radius 2 is 1.11 bits per heavy atom. The minimum Gasteiger partial charge on any atom is -0.309 e. The van der Waals surface area contributed by atoms with E-state index in [1.165, 1.54) is 0 Å². The van der Waals surface area contributed by atoms with Crippen molar-refractivity contribution < 1.29 is 4.57 Å². The van der Waals surface area contributed by atoms with E-state index in [4.69, 9.17) is 0 Å². The number of benzene rings is 6. The van der Waals surface area contributed by atoms with Crippen molar-refractivity contribution in [2.24, 2.45) is 0 Å². The molecule has 174 valence electrons. The van der Waals surface area contributed by atoms with Crippen LogP contribution in [0.2, 0.25) is 0 Å². The summed E-state index contributed by atoms with van der Waals surface area (Å²) in [6.07, 6.45) is 0. The van der Waals surface area contributed by atoms with Crippen molar-refractivity contribution >= 4 is 55.6 Å². The predicted molar refractivity (Wildman–Crippen MR) is 157 cm³/mol. The molecule has 0 aliphatic carbocycles. The zero-order valence-electron chi connectivity index (χ0n) is 20.0. The molecule has 0 N–H and O–H groups in total. The van der Waals surface area contributed by atoms with Crippen molar-refractivity contribution in [1.82, 2.24) is 4.57 Å². The van der Waals surface area contributed by atoms with Gasteiger partial charge in [0.25, 0.3) is 0 Å². The van der Waals surface area contributed by atoms with Crippen molar-refractivity contribution in [3.63, 3.8) is 0 Å². The summed E-state index contributed by atoms with van der Waals surface area (Å²) in [6.45, 7) is 0. The van der Waals surface area contributed by atoms with Crippen LogP contribution in [0.5, 0.6) is 0 Å². The lowest BCUT2D eigenvalue weighted by atomic mass is 9.99. The molecular formula is C34H22NOP. The van der Waals surface area contributed by atoms with Crippen LogP contribution in [0, 0.1) is 0 Å². The van der Waals surface area contributed by atoms with Crippen molar-refractivity contribution in [2.45, 2.75) is 0 Å². The smallest absolute Gasteiger partial charge is 0.173 e. The van der Waals surface area contributed by atoms with Crippen LogP contribution in [0.15, 0.2) is 133 Å². The highest BCUT2D eigenvalue weighted by molar-refractivity contribution is 7.87. The molecule has 2 heterocycles. The van der Waals surface area contributed by atoms with Crippen molar-refractivity contribution in [2.75, 3.05) is 0 Å². The number of hydrogen-bond acceptors (Lipinski definition) is 1. The second kappa shape index (κ2) is 7.56. The maximum Gasteiger partial charge on any atom is 0.173 e. The minimum absolute atomic E-state index is 0.885. The zero-order chi connectivity index (χ0) is 24.6. The number of rotatable bonds is 2. The Bertz CT molecular complexity index is 2060. The van der Waals surface area contributed by atoms with Gasteiger partial charge >= 0.3 is 0 Å². The van der Waals surface area contributed by atoms with E-state index in [0.717, 1.165) is 65.3 Å². The fourth-order valence-electron chi connectivity index (χ4n) is 6.26. The third-order valence-corrected chi connectivity index (χ3v) is 11.0. The van der Waals surface area contributed by atoms with Gasteiger partial charge in [0.2, 0.25) is 0 Å². The van der Waals surface area contributed by atoms with Crippen LogP contribution in [0.1, 0.15) is 0 Å². The first-order valence-corrected chi connectivity index (χ1v) is 14.3. The van der Waals surface area contributed by atoms with Crippen molar-refractivity contribution in [3.05, 3.63) is 133 Å². The summed E-state index contributed by atoms with van der Waals surface area (Å²) in [4.78, 5) is 0. The number of hydrogen-bond donors (Lipinski definition) is 0. The molecule has 37 heavy (non-hydrogen) atoms. The van der Waals surface area contributed by atoms with E-state index in [2.05, 4.69) is 102 Å². The Morgan fingerprint density at radius 3 is 1.92 bits per heavy atom. The molecule has 0 saturated heterocycles. The van der Waals surface area contributed by atoms with Gasteiger partial charge in [-0.2, -0.15) is 0 Å². The normalized spacial score (nSPS) is 16.3. The monoisotopic (exact) mass is 491 g/mol. The molecule has 2 nitrogen and oxygen atoms in total. The van der Waals surface area contributed by atoms with E-state index >= 15 is 4.57 Å². The van der Waals surface area contributed by atoms with Crippen LogP contribution in [0.25, 0.3) is 49.4 Å². The standard InChI is InChI=1S/C34H22NOP/c36-37(25-14-5-2-6-15-25)33-26-16-8-7-11-23(26)19-20-27(33)28-21-22-31-32(34(28)37)29-17-9-10-18-30(29)35(31)24-12-3-1-4-13-24/h1-22H. The van der Waals surface area contributed by atoms with Crippen LogP contribution < -0.4 is 15.9 Å². The molecule has 0 saturated carbocycles. The Morgan fingerprint density at radius 1 is 0.486 bits per heavy atom. The second-order valence-electron chi connectivity index (χ2n) is 9.67. The van der Waals surface area contributed by atoms with Crippen LogP contribution in [-0.4, -0.2) is 4.57 Å². The Labute approximate surface area is 214 Å². The van der Waals surface area contributed by atoms with E-state index < -0.39 is 7.14 Å². The van der Waals surface area contributed by atoms with Gasteiger partial charge in [0.05, 0.1) is 11.0 Å². The van der Waals surface area contributed by atoms with E-state index in [9.17, 15) is 0 Å². The summed E-state index contributed by atoms with van der Waals surface area (Å²) in [6, 6.07) is 46.1. The van der Waals surface area contributed by atoms with Gasteiger partial charge in [-0.15, -0.1) is 0 Å². The van der Waals surface area contributed by atoms with Gasteiger partial charge in [-0.25, -0.2) is 0 Å². The van der Waals surface area contributed by atoms with Gasteiger partial charge in [-0.05, 0) is 46.2 Å². The summed E-state index contributed by atoms with van der Waals surface area (Å²) in [5, 5.41) is 7.23. The van der Waals surface area contributed by atoms with Crippen molar-refractivity contribution in [1.29, 1.82) is 0 Å². The Kier molecular flexibility index (Phi) is 4.24. The summed E-state index contributed by atoms with van der Waals surface area (Å²) >= 11 is 0. The molecule has 1 atom stereocenters. The van der Waals surface area contributed by atoms with Crippen LogP contribution >= 0.6 is 7.14 Å². The highest BCUT2D eigenvalue weighted by atomic mass is 31.2. The highest BCUT2D eigenvalue weighted by Gasteiger charge is 2.43. The van der Waals surface area contributed by atoms with Crippen molar-refractivity contribution in [3.8, 4) is 16.8 Å². The summed E-state index contributed by atoms with van der Waals surface area (Å²) in [5.41, 5.74) is 5.47. The number of fused-ring (bicyclic) bond motifs is 9. The lowest BCUT2D eigenvalue weighted by molar-refractivity contribution is 0.593. The third-order valence-electron chi connectivity index (χ3n) is 7.77. The van der Waals surface area contributed by atoms with Gasteiger partial charge in [-0.1, -0.05) is 109 Å². The SMILES string of the molecule is O=P1(c2ccccc2)c2c(ccc3ccccc23)-c2ccc3c(c21)c1ccccc1n3-c1ccccc1. The largest absolute Gasteiger partial charge is 0.309 e. The zero-order valence-corrected chi connectivity index (χ0v) is 20.9. The first-order chi connectivity index (χ1) is 18.3. The van der Waals surface area contributed by atoms with E-state index in [1.807, 2.05) is 36.4 Å². The van der Waals surface area contributed by atoms with E-state index in [0.29, 0.717) is 0 Å². The minimum atomic E-state index is -3.19. The summed E-state index contributed by atoms with van der Waals surface area (Å²) in [7, 11) is -3.19. The number of nitrogens with zero attached hydrogens (tertiary/aromatic N) is 1. The lowest BCUT2D eigenvalue weighted by Gasteiger charge is -2.18. The van der Waals surface area contributed by atoms with Gasteiger partial charge in [-0.3, -0.25) is 0 Å². The molecule has 0 bridgehead atoms. The van der Waals surface area contributed by atoms with Gasteiger partial charge < -0.3 is 9.13 Å². The van der Waals surface area contributed by atoms with Crippen LogP contribution in [-0.2, 0) is 4.57 Å². The highest BCUT2D eigenvalue weighted by Crippen LogP contribution is 2.56. The molecular weight excluding hydrogens is 469 g/mol. The molecule has 1 aliphatic heterocycles. The Hall–Kier alpha value is -4.39. The topological polar surface area (TPSA) is 22.0 Å². The van der Waals surface area contributed by atoms with E-state index in [1.54, 1.807) is 0 Å². The molecule has 7 aromatic rings. The molecule has 1 aliphatic rings. The summed E-state index contributed by atoms with van der Waals surface area (Å²) < 4.78 is 18.2. The van der Waals surface area contributed by atoms with E-state index in [-0.39, 0.29) is 0 Å². The molecule has 8 rings (SSSR count). The van der Waals surface area contributed by atoms with Gasteiger partial charge in [0, 0.05) is 32.4 Å². The fraction of sp³-hybridized carbons (Fsp3) is 0. The summed E-state index contributed by atoms with van der Waals surface area (Å²) in [5.74, 6) is 0. The fourth-order valence-corrected chi connectivity index (χ4v) is 9.75. The quantitative estimate of drug-likeness (QED) is 0.229. The third kappa shape index (κ3) is 2.68. The van der Waals surface area contributed by atoms with Crippen LogP contribution in [0.4, 0.5) is 0 Å². The number of para-hydroxylation sites is 2. The molecule has 3 heteroatoms. The molecule has 1 aromatic heterocycles. The predicted octanol–water partition coefficient (Wildman–Crippen LogP) is 7.56. The molecule has 6 aromatic carbocycles. The van der Waals surface area contributed by atoms with Crippen LogP contribution in [0.3, 0.4) is 0 Å². The maximum absolute atomic E-state index is 15.9. The maximum atomic E-state index is 15.9. The molecule has 0 fully saturated rings. The van der Waals surface area contributed by atoms with Gasteiger partial charge in [0.15, 0.2) is 7.14 Å². The first-order valence-electron chi connectivity index (χ1n) is 12.6. The molecule has 0 spiro atoms. The first kappa shape index (κ1) is 20.8. The molecule has 0 radical (unpaired) electrons. The number of aromatic nitrogens is 1.